The van der Waals surface area contributed by atoms with Gasteiger partial charge in [0.05, 0.1) is 33.1 Å². The largest absolute Gasteiger partial charge is 0.508 e. The molecular formula is C30H17BrClF6NO5. The minimum atomic E-state index is -5.21. The normalized spacial score (nSPS) is 25.5. The van der Waals surface area contributed by atoms with Crippen LogP contribution in [0.25, 0.3) is 0 Å². The number of allylic oxidation sites excluding steroid dienone is 6. The van der Waals surface area contributed by atoms with Crippen molar-refractivity contribution in [3.8, 4) is 5.75 Å². The summed E-state index contributed by atoms with van der Waals surface area (Å²) in [6, 6.07) is 4.54. The van der Waals surface area contributed by atoms with E-state index in [2.05, 4.69) is 15.9 Å². The molecule has 228 valence electrons. The molecule has 2 amide bonds. The maximum atomic E-state index is 13.9. The molecule has 1 saturated heterocycles. The summed E-state index contributed by atoms with van der Waals surface area (Å²) in [6.07, 6.45) is -8.00. The molecule has 14 heteroatoms. The number of benzene rings is 2. The van der Waals surface area contributed by atoms with Crippen LogP contribution in [0.4, 0.5) is 32.0 Å². The fourth-order valence-corrected chi connectivity index (χ4v) is 7.37. The Kier molecular flexibility index (Phi) is 7.00. The van der Waals surface area contributed by atoms with Crippen LogP contribution in [-0.4, -0.2) is 28.5 Å². The van der Waals surface area contributed by atoms with Gasteiger partial charge in [0, 0.05) is 28.2 Å². The number of aromatic hydroxyl groups is 1. The van der Waals surface area contributed by atoms with E-state index in [0.717, 1.165) is 6.08 Å². The van der Waals surface area contributed by atoms with Gasteiger partial charge in [-0.3, -0.25) is 19.2 Å². The zero-order valence-electron chi connectivity index (χ0n) is 21.9. The summed E-state index contributed by atoms with van der Waals surface area (Å²) < 4.78 is 81.5. The SMILES string of the molecule is O=C1C=C(Br)C(=O)C2=C1[C@@H](c1ccc(O)cc1Cl)C1=CC[C@@H]3C(=O)N(c4cc(C(F)(F)F)cc(C(F)(F)F)c4)C(=O)[C@@H]3[C@@H]1C2. The zero-order chi connectivity index (χ0) is 32.0. The lowest BCUT2D eigenvalue weighted by molar-refractivity contribution is -0.143. The molecule has 4 atom stereocenters. The number of imide groups is 1. The highest BCUT2D eigenvalue weighted by atomic mass is 79.9. The average Bonchev–Trinajstić information content (AvgIpc) is 3.19. The van der Waals surface area contributed by atoms with E-state index in [0.29, 0.717) is 28.2 Å². The molecule has 3 aliphatic carbocycles. The van der Waals surface area contributed by atoms with E-state index in [4.69, 9.17) is 11.6 Å². The number of halogens is 8. The predicted octanol–water partition coefficient (Wildman–Crippen LogP) is 7.05. The van der Waals surface area contributed by atoms with Crippen molar-refractivity contribution in [1.29, 1.82) is 0 Å². The van der Waals surface area contributed by atoms with Crippen molar-refractivity contribution >= 4 is 56.6 Å². The zero-order valence-corrected chi connectivity index (χ0v) is 24.2. The minimum Gasteiger partial charge on any atom is -0.508 e. The molecule has 0 radical (unpaired) electrons. The third kappa shape index (κ3) is 4.71. The molecule has 2 aromatic rings. The van der Waals surface area contributed by atoms with Crippen LogP contribution in [0.2, 0.25) is 5.02 Å². The minimum absolute atomic E-state index is 0.0402. The number of phenols is 1. The number of anilines is 1. The smallest absolute Gasteiger partial charge is 0.416 e. The van der Waals surface area contributed by atoms with E-state index < -0.39 is 76.2 Å². The Morgan fingerprint density at radius 1 is 0.886 bits per heavy atom. The summed E-state index contributed by atoms with van der Waals surface area (Å²) in [5.74, 6) is -7.56. The van der Waals surface area contributed by atoms with Crippen LogP contribution in [-0.2, 0) is 31.5 Å². The monoisotopic (exact) mass is 699 g/mol. The number of hydrogen-bond donors (Lipinski definition) is 1. The van der Waals surface area contributed by atoms with Gasteiger partial charge < -0.3 is 5.11 Å². The summed E-state index contributed by atoms with van der Waals surface area (Å²) in [5, 5.41) is 9.96. The molecular weight excluding hydrogens is 684 g/mol. The Labute approximate surface area is 257 Å². The third-order valence-corrected chi connectivity index (χ3v) is 9.37. The third-order valence-electron chi connectivity index (χ3n) is 8.46. The summed E-state index contributed by atoms with van der Waals surface area (Å²) in [4.78, 5) is 54.4. The first-order chi connectivity index (χ1) is 20.5. The Bertz CT molecular complexity index is 1760. The molecule has 0 saturated carbocycles. The maximum Gasteiger partial charge on any atom is 0.416 e. The maximum absolute atomic E-state index is 13.9. The number of phenolic OH excluding ortho intramolecular Hbond substituents is 1. The standard InChI is InChI=1S/C30H17BrClF6NO5/c31-20-10-22(41)25-19(26(20)42)9-18-15(23(25)16-2-1-14(40)8-21(16)32)3-4-17-24(18)28(44)39(27(17)43)13-6-11(29(33,34)35)5-12(7-13)30(36,37)38/h1-3,5-8,10,17-18,23-24,40H,4,9H2/t17-,18+,23+,24-/m0/s1. The molecule has 6 rings (SSSR count). The van der Waals surface area contributed by atoms with E-state index in [-0.39, 0.29) is 45.3 Å². The molecule has 6 nitrogen and oxygen atoms in total. The van der Waals surface area contributed by atoms with Gasteiger partial charge >= 0.3 is 12.4 Å². The van der Waals surface area contributed by atoms with Crippen LogP contribution in [0.1, 0.15) is 35.4 Å². The van der Waals surface area contributed by atoms with Crippen LogP contribution in [0.3, 0.4) is 0 Å². The summed E-state index contributed by atoms with van der Waals surface area (Å²) >= 11 is 9.54. The Morgan fingerprint density at radius 2 is 1.52 bits per heavy atom. The van der Waals surface area contributed by atoms with Gasteiger partial charge in [0.15, 0.2) is 11.6 Å². The van der Waals surface area contributed by atoms with Gasteiger partial charge in [0.1, 0.15) is 5.75 Å². The first-order valence-electron chi connectivity index (χ1n) is 13.0. The quantitative estimate of drug-likeness (QED) is 0.157. The van der Waals surface area contributed by atoms with Crippen molar-refractivity contribution in [2.45, 2.75) is 31.1 Å². The number of carbonyl (C=O) groups excluding carboxylic acids is 4. The molecule has 1 N–H and O–H groups in total. The van der Waals surface area contributed by atoms with E-state index in [1.165, 1.54) is 18.2 Å². The fraction of sp³-hybridized carbons (Fsp3) is 0.267. The molecule has 0 spiro atoms. The molecule has 0 aromatic heterocycles. The Balaban J connectivity index is 1.49. The van der Waals surface area contributed by atoms with Gasteiger partial charge in [-0.15, -0.1) is 0 Å². The number of rotatable bonds is 2. The van der Waals surface area contributed by atoms with E-state index >= 15 is 0 Å². The predicted molar refractivity (Wildman–Crippen MR) is 147 cm³/mol. The Morgan fingerprint density at radius 3 is 2.11 bits per heavy atom. The van der Waals surface area contributed by atoms with Crippen LogP contribution >= 0.6 is 27.5 Å². The number of alkyl halides is 6. The second-order valence-corrected chi connectivity index (χ2v) is 12.1. The number of nitrogens with zero attached hydrogens (tertiary/aromatic N) is 1. The first kappa shape index (κ1) is 30.3. The highest BCUT2D eigenvalue weighted by Gasteiger charge is 2.57. The fourth-order valence-electron chi connectivity index (χ4n) is 6.63. The number of amides is 2. The van der Waals surface area contributed by atoms with Gasteiger partial charge in [-0.25, -0.2) is 4.90 Å². The highest BCUT2D eigenvalue weighted by Crippen LogP contribution is 2.56. The van der Waals surface area contributed by atoms with E-state index in [9.17, 15) is 50.6 Å². The van der Waals surface area contributed by atoms with Crippen molar-refractivity contribution in [3.63, 3.8) is 0 Å². The van der Waals surface area contributed by atoms with Crippen molar-refractivity contribution in [2.75, 3.05) is 4.90 Å². The lowest BCUT2D eigenvalue weighted by Crippen LogP contribution is -2.39. The van der Waals surface area contributed by atoms with Crippen LogP contribution in [0.15, 0.2) is 69.8 Å². The molecule has 2 aromatic carbocycles. The van der Waals surface area contributed by atoms with Crippen LogP contribution < -0.4 is 4.90 Å². The summed E-state index contributed by atoms with van der Waals surface area (Å²) in [5.41, 5.74) is -3.34. The molecule has 1 heterocycles. The lowest BCUT2D eigenvalue weighted by atomic mass is 9.59. The summed E-state index contributed by atoms with van der Waals surface area (Å²) in [7, 11) is 0. The lowest BCUT2D eigenvalue weighted by Gasteiger charge is -2.42. The second-order valence-electron chi connectivity index (χ2n) is 10.9. The number of hydrogen-bond acceptors (Lipinski definition) is 5. The van der Waals surface area contributed by atoms with Gasteiger partial charge in [-0.1, -0.05) is 29.3 Å². The summed E-state index contributed by atoms with van der Waals surface area (Å²) in [6.45, 7) is 0. The number of Topliss-reactive ketones (excluding diaryl/α,β-unsaturated/α-hetero) is 1. The molecule has 1 fully saturated rings. The van der Waals surface area contributed by atoms with Gasteiger partial charge in [-0.2, -0.15) is 26.3 Å². The number of ketones is 2. The topological polar surface area (TPSA) is 91.8 Å². The van der Waals surface area contributed by atoms with E-state index in [1.807, 2.05) is 0 Å². The van der Waals surface area contributed by atoms with Crippen molar-refractivity contribution < 1.29 is 50.6 Å². The van der Waals surface area contributed by atoms with Crippen LogP contribution in [0, 0.1) is 17.8 Å². The highest BCUT2D eigenvalue weighted by molar-refractivity contribution is 9.12. The second kappa shape index (κ2) is 10.2. The molecule has 0 bridgehead atoms. The Hall–Kier alpha value is -3.71. The number of carbonyl (C=O) groups is 4. The molecule has 4 aliphatic rings. The van der Waals surface area contributed by atoms with Crippen molar-refractivity contribution in [1.82, 2.24) is 0 Å². The molecule has 0 unspecified atom stereocenters. The molecule has 44 heavy (non-hydrogen) atoms. The van der Waals surface area contributed by atoms with Gasteiger partial charge in [-0.05, 0) is 70.6 Å². The average molecular weight is 701 g/mol. The van der Waals surface area contributed by atoms with Gasteiger partial charge in [0.2, 0.25) is 11.8 Å². The van der Waals surface area contributed by atoms with Gasteiger partial charge in [0.25, 0.3) is 0 Å². The van der Waals surface area contributed by atoms with Crippen molar-refractivity contribution in [2.24, 2.45) is 17.8 Å². The molecule has 1 aliphatic heterocycles. The first-order valence-corrected chi connectivity index (χ1v) is 14.2. The van der Waals surface area contributed by atoms with E-state index in [1.54, 1.807) is 6.08 Å². The van der Waals surface area contributed by atoms with Crippen molar-refractivity contribution in [3.05, 3.63) is 91.5 Å². The van der Waals surface area contributed by atoms with Crippen LogP contribution in [0.5, 0.6) is 5.75 Å². The number of fused-ring (bicyclic) bond motifs is 3.